The second-order valence-corrected chi connectivity index (χ2v) is 6.68. The van der Waals surface area contributed by atoms with Crippen molar-refractivity contribution in [3.8, 4) is 0 Å². The normalized spacial score (nSPS) is 17.5. The van der Waals surface area contributed by atoms with Gasteiger partial charge in [0.05, 0.1) is 18.2 Å². The van der Waals surface area contributed by atoms with Gasteiger partial charge in [-0.1, -0.05) is 36.4 Å². The van der Waals surface area contributed by atoms with E-state index in [-0.39, 0.29) is 12.0 Å². The second kappa shape index (κ2) is 6.91. The molecule has 0 saturated carbocycles. The van der Waals surface area contributed by atoms with Crippen molar-refractivity contribution in [2.75, 3.05) is 6.61 Å². The summed E-state index contributed by atoms with van der Waals surface area (Å²) in [4.78, 5) is 12.5. The monoisotopic (exact) mass is 404 g/mol. The number of carbonyl (C=O) groups is 1. The van der Waals surface area contributed by atoms with E-state index in [1.165, 1.54) is 0 Å². The zero-order chi connectivity index (χ0) is 17.3. The van der Waals surface area contributed by atoms with E-state index in [9.17, 15) is 4.79 Å². The fraction of sp³-hybridized carbons (Fsp3) is 0.222. The Hall–Kier alpha value is -1.92. The van der Waals surface area contributed by atoms with Crippen molar-refractivity contribution in [2.45, 2.75) is 19.9 Å². The van der Waals surface area contributed by atoms with Crippen LogP contribution in [0.5, 0.6) is 0 Å². The van der Waals surface area contributed by atoms with E-state index in [1.54, 1.807) is 6.92 Å². The summed E-state index contributed by atoms with van der Waals surface area (Å²) in [6, 6.07) is 11.8. The number of fused-ring (bicyclic) bond motifs is 1. The highest BCUT2D eigenvalue weighted by atomic mass is 79.9. The summed E-state index contributed by atoms with van der Waals surface area (Å²) in [6.45, 7) is 3.95. The molecule has 0 aromatic heterocycles. The van der Waals surface area contributed by atoms with E-state index in [2.05, 4.69) is 32.6 Å². The number of hydrogen-bond acceptors (Lipinski definition) is 3. The molecule has 2 aromatic carbocycles. The number of nitrogens with one attached hydrogen (secondary N) is 2. The molecule has 1 aliphatic rings. The molecule has 6 heteroatoms. The van der Waals surface area contributed by atoms with Crippen molar-refractivity contribution in [1.29, 1.82) is 0 Å². The highest BCUT2D eigenvalue weighted by Gasteiger charge is 2.32. The zero-order valence-corrected chi connectivity index (χ0v) is 15.8. The maximum Gasteiger partial charge on any atom is 0.338 e. The third-order valence-corrected chi connectivity index (χ3v) is 5.07. The fourth-order valence-electron chi connectivity index (χ4n) is 2.88. The van der Waals surface area contributed by atoms with Crippen LogP contribution < -0.4 is 10.6 Å². The van der Waals surface area contributed by atoms with Gasteiger partial charge in [0.2, 0.25) is 0 Å². The summed E-state index contributed by atoms with van der Waals surface area (Å²) in [5.41, 5.74) is 2.20. The van der Waals surface area contributed by atoms with Crippen LogP contribution >= 0.6 is 28.1 Å². The molecule has 0 amide bonds. The Bertz CT molecular complexity index is 863. The molecule has 0 saturated heterocycles. The average Bonchev–Trinajstić information content (AvgIpc) is 2.55. The molecule has 0 spiro atoms. The molecule has 0 fully saturated rings. The summed E-state index contributed by atoms with van der Waals surface area (Å²) in [6.07, 6.45) is 0. The topological polar surface area (TPSA) is 50.4 Å². The van der Waals surface area contributed by atoms with Crippen molar-refractivity contribution in [2.24, 2.45) is 0 Å². The Morgan fingerprint density at radius 3 is 2.79 bits per heavy atom. The van der Waals surface area contributed by atoms with Crippen LogP contribution in [-0.4, -0.2) is 17.7 Å². The van der Waals surface area contributed by atoms with Gasteiger partial charge in [0.15, 0.2) is 5.11 Å². The molecule has 0 aliphatic carbocycles. The van der Waals surface area contributed by atoms with E-state index >= 15 is 0 Å². The standard InChI is InChI=1S/C18H17BrN2O2S/c1-3-23-17(22)14-10(2)20-18(24)21-16(14)13-9-8-11-6-4-5-7-12(11)15(13)19/h4-9,16H,3H2,1-2H3,(H2,20,21,24)/t16-/m1/s1. The van der Waals surface area contributed by atoms with E-state index < -0.39 is 0 Å². The van der Waals surface area contributed by atoms with Crippen molar-refractivity contribution in [1.82, 2.24) is 10.6 Å². The predicted molar refractivity (Wildman–Crippen MR) is 103 cm³/mol. The molecule has 0 unspecified atom stereocenters. The van der Waals surface area contributed by atoms with E-state index in [4.69, 9.17) is 17.0 Å². The Balaban J connectivity index is 2.15. The quantitative estimate of drug-likeness (QED) is 0.598. The lowest BCUT2D eigenvalue weighted by molar-refractivity contribution is -0.139. The van der Waals surface area contributed by atoms with Gasteiger partial charge in [-0.15, -0.1) is 0 Å². The number of allylic oxidation sites excluding steroid dienone is 1. The van der Waals surface area contributed by atoms with Crippen LogP contribution in [0.1, 0.15) is 25.5 Å². The van der Waals surface area contributed by atoms with Gasteiger partial charge in [-0.25, -0.2) is 4.79 Å². The number of halogens is 1. The highest BCUT2D eigenvalue weighted by Crippen LogP contribution is 2.36. The van der Waals surface area contributed by atoms with Crippen LogP contribution in [0.25, 0.3) is 10.8 Å². The third kappa shape index (κ3) is 3.03. The maximum atomic E-state index is 12.5. The largest absolute Gasteiger partial charge is 0.463 e. The first-order valence-corrected chi connectivity index (χ1v) is 8.85. The molecule has 24 heavy (non-hydrogen) atoms. The van der Waals surface area contributed by atoms with Gasteiger partial charge in [-0.05, 0) is 58.3 Å². The molecule has 4 nitrogen and oxygen atoms in total. The van der Waals surface area contributed by atoms with E-state index in [0.717, 1.165) is 20.8 Å². The Labute approximate surface area is 154 Å². The van der Waals surface area contributed by atoms with Crippen molar-refractivity contribution in [3.05, 3.63) is 57.7 Å². The molecule has 0 radical (unpaired) electrons. The van der Waals surface area contributed by atoms with Crippen LogP contribution in [0, 0.1) is 0 Å². The molecular weight excluding hydrogens is 388 g/mol. The minimum atomic E-state index is -0.364. The number of rotatable bonds is 3. The van der Waals surface area contributed by atoms with Gasteiger partial charge in [0.1, 0.15) is 0 Å². The number of esters is 1. The Morgan fingerprint density at radius 1 is 1.29 bits per heavy atom. The molecule has 3 rings (SSSR count). The predicted octanol–water partition coefficient (Wildman–Crippen LogP) is 3.96. The molecule has 1 heterocycles. The van der Waals surface area contributed by atoms with Gasteiger partial charge in [0, 0.05) is 10.2 Å². The summed E-state index contributed by atoms with van der Waals surface area (Å²) < 4.78 is 6.17. The first-order chi connectivity index (χ1) is 11.5. The van der Waals surface area contributed by atoms with Crippen LogP contribution in [0.2, 0.25) is 0 Å². The first-order valence-electron chi connectivity index (χ1n) is 7.65. The summed E-state index contributed by atoms with van der Waals surface area (Å²) in [7, 11) is 0. The fourth-order valence-corrected chi connectivity index (χ4v) is 3.87. The van der Waals surface area contributed by atoms with E-state index in [0.29, 0.717) is 23.0 Å². The summed E-state index contributed by atoms with van der Waals surface area (Å²) >= 11 is 8.97. The molecule has 1 atom stereocenters. The summed E-state index contributed by atoms with van der Waals surface area (Å²) in [5.74, 6) is -0.345. The van der Waals surface area contributed by atoms with Gasteiger partial charge in [0.25, 0.3) is 0 Å². The van der Waals surface area contributed by atoms with Crippen LogP contribution in [-0.2, 0) is 9.53 Å². The van der Waals surface area contributed by atoms with Gasteiger partial charge < -0.3 is 15.4 Å². The highest BCUT2D eigenvalue weighted by molar-refractivity contribution is 9.10. The molecular formula is C18H17BrN2O2S. The lowest BCUT2D eigenvalue weighted by Crippen LogP contribution is -2.45. The maximum absolute atomic E-state index is 12.5. The number of carbonyl (C=O) groups excluding carboxylic acids is 1. The number of ether oxygens (including phenoxy) is 1. The van der Waals surface area contributed by atoms with Crippen molar-refractivity contribution < 1.29 is 9.53 Å². The minimum Gasteiger partial charge on any atom is -0.463 e. The number of thiocarbonyl (C=S) groups is 1. The Kier molecular flexibility index (Phi) is 4.87. The third-order valence-electron chi connectivity index (χ3n) is 3.97. The molecule has 0 bridgehead atoms. The Morgan fingerprint density at radius 2 is 2.04 bits per heavy atom. The van der Waals surface area contributed by atoms with Crippen LogP contribution in [0.15, 0.2) is 52.1 Å². The molecule has 1 aliphatic heterocycles. The lowest BCUT2D eigenvalue weighted by atomic mass is 9.94. The van der Waals surface area contributed by atoms with E-state index in [1.807, 2.05) is 37.3 Å². The van der Waals surface area contributed by atoms with Gasteiger partial charge in [-0.2, -0.15) is 0 Å². The van der Waals surface area contributed by atoms with Gasteiger partial charge in [-0.3, -0.25) is 0 Å². The van der Waals surface area contributed by atoms with Crippen LogP contribution in [0.3, 0.4) is 0 Å². The number of benzene rings is 2. The lowest BCUT2D eigenvalue weighted by Gasteiger charge is -2.30. The molecule has 2 N–H and O–H groups in total. The molecule has 124 valence electrons. The SMILES string of the molecule is CCOC(=O)C1=C(C)NC(=S)N[C@@H]1c1ccc2ccccc2c1Br. The van der Waals surface area contributed by atoms with Crippen LogP contribution in [0.4, 0.5) is 0 Å². The van der Waals surface area contributed by atoms with Crippen molar-refractivity contribution in [3.63, 3.8) is 0 Å². The smallest absolute Gasteiger partial charge is 0.338 e. The summed E-state index contributed by atoms with van der Waals surface area (Å²) in [5, 5.41) is 8.90. The number of hydrogen-bond donors (Lipinski definition) is 2. The second-order valence-electron chi connectivity index (χ2n) is 5.48. The minimum absolute atomic E-state index is 0.325. The van der Waals surface area contributed by atoms with Crippen molar-refractivity contribution >= 4 is 50.0 Å². The molecule has 2 aromatic rings. The zero-order valence-electron chi connectivity index (χ0n) is 13.4. The average molecular weight is 405 g/mol. The van der Waals surface area contributed by atoms with Gasteiger partial charge >= 0.3 is 5.97 Å². The first kappa shape index (κ1) is 16.9.